The molecule has 1 aromatic heterocycles. The van der Waals surface area contributed by atoms with E-state index in [-0.39, 0.29) is 11.2 Å². The highest BCUT2D eigenvalue weighted by Gasteiger charge is 2.20. The molecule has 2 rings (SSSR count). The molecule has 2 aromatic rings. The summed E-state index contributed by atoms with van der Waals surface area (Å²) >= 11 is 1.30. The summed E-state index contributed by atoms with van der Waals surface area (Å²) < 4.78 is 5.57. The lowest BCUT2D eigenvalue weighted by Crippen LogP contribution is -2.37. The fourth-order valence-electron chi connectivity index (χ4n) is 1.62. The molecule has 1 aromatic carbocycles. The van der Waals surface area contributed by atoms with Crippen LogP contribution in [-0.2, 0) is 4.79 Å². The Bertz CT molecular complexity index is 508. The fraction of sp³-hybridized carbons (Fsp3) is 0.333. The van der Waals surface area contributed by atoms with E-state index < -0.39 is 0 Å². The van der Waals surface area contributed by atoms with Crippen LogP contribution in [0, 0.1) is 0 Å². The Morgan fingerprint density at radius 2 is 2.33 bits per heavy atom. The second kappa shape index (κ2) is 5.88. The molecule has 0 bridgehead atoms. The van der Waals surface area contributed by atoms with Crippen molar-refractivity contribution in [2.75, 3.05) is 0 Å². The average molecular weight is 265 g/mol. The summed E-state index contributed by atoms with van der Waals surface area (Å²) in [5.74, 6) is 4.96. The van der Waals surface area contributed by atoms with Crippen LogP contribution < -0.4 is 11.3 Å². The number of hydrazine groups is 1. The first-order chi connectivity index (χ1) is 8.74. The lowest BCUT2D eigenvalue weighted by Gasteiger charge is -2.10. The van der Waals surface area contributed by atoms with Crippen LogP contribution in [0.5, 0.6) is 0 Å². The molecule has 5 nitrogen and oxygen atoms in total. The van der Waals surface area contributed by atoms with Gasteiger partial charge in [0.2, 0.25) is 5.91 Å². The number of nitrogens with zero attached hydrogens (tertiary/aromatic N) is 1. The number of fused-ring (bicyclic) bond motifs is 1. The molecule has 1 heterocycles. The van der Waals surface area contributed by atoms with Crippen molar-refractivity contribution in [3.05, 3.63) is 24.3 Å². The summed E-state index contributed by atoms with van der Waals surface area (Å²) in [6.07, 6.45) is 1.62. The minimum absolute atomic E-state index is 0.205. The van der Waals surface area contributed by atoms with E-state index in [0.717, 1.165) is 23.9 Å². The van der Waals surface area contributed by atoms with Gasteiger partial charge in [-0.3, -0.25) is 10.2 Å². The number of para-hydroxylation sites is 2. The van der Waals surface area contributed by atoms with Gasteiger partial charge in [0, 0.05) is 0 Å². The molecule has 1 unspecified atom stereocenters. The fourth-order valence-corrected chi connectivity index (χ4v) is 2.68. The van der Waals surface area contributed by atoms with Gasteiger partial charge < -0.3 is 4.42 Å². The van der Waals surface area contributed by atoms with Gasteiger partial charge in [-0.05, 0) is 18.6 Å². The number of oxazole rings is 1. The summed E-state index contributed by atoms with van der Waals surface area (Å²) in [6, 6.07) is 7.51. The minimum Gasteiger partial charge on any atom is -0.431 e. The number of carbonyl (C=O) groups excluding carboxylic acids is 1. The lowest BCUT2D eigenvalue weighted by molar-refractivity contribution is -0.120. The predicted molar refractivity (Wildman–Crippen MR) is 70.9 cm³/mol. The van der Waals surface area contributed by atoms with Gasteiger partial charge in [0.15, 0.2) is 5.58 Å². The molecule has 0 spiro atoms. The number of thioether (sulfide) groups is 1. The van der Waals surface area contributed by atoms with E-state index >= 15 is 0 Å². The normalized spacial score (nSPS) is 12.6. The number of amides is 1. The van der Waals surface area contributed by atoms with Crippen LogP contribution in [0.25, 0.3) is 11.1 Å². The van der Waals surface area contributed by atoms with Crippen molar-refractivity contribution in [1.29, 1.82) is 0 Å². The Morgan fingerprint density at radius 3 is 3.00 bits per heavy atom. The van der Waals surface area contributed by atoms with E-state index in [2.05, 4.69) is 10.4 Å². The smallest absolute Gasteiger partial charge is 0.257 e. The van der Waals surface area contributed by atoms with E-state index in [1.165, 1.54) is 11.8 Å². The molecular formula is C12H15N3O2S. The van der Waals surface area contributed by atoms with Crippen molar-refractivity contribution >= 4 is 28.8 Å². The number of nitrogens with one attached hydrogen (secondary N) is 1. The highest BCUT2D eigenvalue weighted by molar-refractivity contribution is 8.00. The molecule has 1 amide bonds. The van der Waals surface area contributed by atoms with Crippen molar-refractivity contribution in [1.82, 2.24) is 10.4 Å². The Kier molecular flexibility index (Phi) is 4.22. The first-order valence-electron chi connectivity index (χ1n) is 5.77. The Hall–Kier alpha value is -1.53. The zero-order chi connectivity index (χ0) is 13.0. The van der Waals surface area contributed by atoms with Crippen molar-refractivity contribution in [2.45, 2.75) is 30.2 Å². The SMILES string of the molecule is CCCC(Sc1nc2ccccc2o1)C(=O)NN. The van der Waals surface area contributed by atoms with Gasteiger partial charge in [0.05, 0.1) is 5.25 Å². The molecule has 1 atom stereocenters. The van der Waals surface area contributed by atoms with E-state index in [9.17, 15) is 4.79 Å². The van der Waals surface area contributed by atoms with Crippen LogP contribution in [0.3, 0.4) is 0 Å². The molecule has 0 aliphatic heterocycles. The molecule has 0 aliphatic carbocycles. The third-order valence-corrected chi connectivity index (χ3v) is 3.61. The van der Waals surface area contributed by atoms with Gasteiger partial charge in [-0.2, -0.15) is 0 Å². The number of hydrogen-bond donors (Lipinski definition) is 2. The zero-order valence-electron chi connectivity index (χ0n) is 10.1. The molecule has 0 aliphatic rings. The van der Waals surface area contributed by atoms with Gasteiger partial charge in [0.1, 0.15) is 5.52 Å². The van der Waals surface area contributed by atoms with Crippen LogP contribution >= 0.6 is 11.8 Å². The average Bonchev–Trinajstić information content (AvgIpc) is 2.79. The first kappa shape index (κ1) is 12.9. The van der Waals surface area contributed by atoms with E-state index in [0.29, 0.717) is 5.22 Å². The number of aromatic nitrogens is 1. The molecule has 96 valence electrons. The molecule has 0 saturated heterocycles. The minimum atomic E-state index is -0.270. The summed E-state index contributed by atoms with van der Waals surface area (Å²) in [7, 11) is 0. The van der Waals surface area contributed by atoms with E-state index in [1.54, 1.807) is 0 Å². The number of rotatable bonds is 5. The number of hydrogen-bond acceptors (Lipinski definition) is 5. The molecule has 18 heavy (non-hydrogen) atoms. The molecule has 0 saturated carbocycles. The van der Waals surface area contributed by atoms with Crippen molar-refractivity contribution in [2.24, 2.45) is 5.84 Å². The zero-order valence-corrected chi connectivity index (χ0v) is 10.9. The summed E-state index contributed by atoms with van der Waals surface area (Å²) in [5, 5.41) is 0.228. The number of benzene rings is 1. The monoisotopic (exact) mass is 265 g/mol. The third-order valence-electron chi connectivity index (χ3n) is 2.50. The Morgan fingerprint density at radius 1 is 1.56 bits per heavy atom. The van der Waals surface area contributed by atoms with Crippen LogP contribution in [-0.4, -0.2) is 16.1 Å². The second-order valence-corrected chi connectivity index (χ2v) is 5.01. The maximum atomic E-state index is 11.6. The standard InChI is InChI=1S/C12H15N3O2S/c1-2-5-10(11(16)15-13)18-12-14-8-6-3-4-7-9(8)17-12/h3-4,6-7,10H,2,5,13H2,1H3,(H,15,16). The van der Waals surface area contributed by atoms with Gasteiger partial charge in [0.25, 0.3) is 5.22 Å². The Labute approximate surface area is 109 Å². The number of carbonyl (C=O) groups is 1. The lowest BCUT2D eigenvalue weighted by atomic mass is 10.2. The topological polar surface area (TPSA) is 81.2 Å². The van der Waals surface area contributed by atoms with Crippen LogP contribution in [0.2, 0.25) is 0 Å². The van der Waals surface area contributed by atoms with Crippen LogP contribution in [0.15, 0.2) is 33.9 Å². The molecule has 0 radical (unpaired) electrons. The maximum Gasteiger partial charge on any atom is 0.257 e. The summed E-state index contributed by atoms with van der Waals surface area (Å²) in [6.45, 7) is 2.02. The van der Waals surface area contributed by atoms with Gasteiger partial charge in [-0.25, -0.2) is 10.8 Å². The summed E-state index contributed by atoms with van der Waals surface area (Å²) in [5.41, 5.74) is 3.69. The van der Waals surface area contributed by atoms with Gasteiger partial charge >= 0.3 is 0 Å². The summed E-state index contributed by atoms with van der Waals surface area (Å²) in [4.78, 5) is 15.9. The predicted octanol–water partition coefficient (Wildman–Crippen LogP) is 2.08. The van der Waals surface area contributed by atoms with Gasteiger partial charge in [-0.1, -0.05) is 37.2 Å². The highest BCUT2D eigenvalue weighted by atomic mass is 32.2. The van der Waals surface area contributed by atoms with E-state index in [1.807, 2.05) is 31.2 Å². The third kappa shape index (κ3) is 2.83. The molecule has 0 fully saturated rings. The number of nitrogens with two attached hydrogens (primary N) is 1. The molecule has 6 heteroatoms. The van der Waals surface area contributed by atoms with Crippen molar-refractivity contribution in [3.63, 3.8) is 0 Å². The van der Waals surface area contributed by atoms with E-state index in [4.69, 9.17) is 10.3 Å². The largest absolute Gasteiger partial charge is 0.431 e. The quantitative estimate of drug-likeness (QED) is 0.374. The second-order valence-electron chi connectivity index (χ2n) is 3.85. The maximum absolute atomic E-state index is 11.6. The first-order valence-corrected chi connectivity index (χ1v) is 6.65. The van der Waals surface area contributed by atoms with Crippen molar-refractivity contribution < 1.29 is 9.21 Å². The van der Waals surface area contributed by atoms with Crippen molar-refractivity contribution in [3.8, 4) is 0 Å². The molecule has 3 N–H and O–H groups in total. The Balaban J connectivity index is 2.17. The van der Waals surface area contributed by atoms with Crippen LogP contribution in [0.1, 0.15) is 19.8 Å². The molecular weight excluding hydrogens is 250 g/mol. The van der Waals surface area contributed by atoms with Crippen LogP contribution in [0.4, 0.5) is 0 Å². The highest BCUT2D eigenvalue weighted by Crippen LogP contribution is 2.28. The van der Waals surface area contributed by atoms with Gasteiger partial charge in [-0.15, -0.1) is 0 Å².